The molecule has 0 aliphatic heterocycles. The molecule has 3 aromatic carbocycles. The Labute approximate surface area is 256 Å². The minimum Gasteiger partial charge on any atom is -0.495 e. The predicted molar refractivity (Wildman–Crippen MR) is 165 cm³/mol. The normalized spacial score (nSPS) is 11.9. The number of likely N-dealkylation sites (N-methyl/N-ethyl adjacent to an activating group) is 1. The zero-order chi connectivity index (χ0) is 31.9. The number of nitrogens with zero attached hydrogens (tertiary/aromatic N) is 3. The maximum Gasteiger partial charge on any atom is 0.273 e. The van der Waals surface area contributed by atoms with E-state index in [1.807, 2.05) is 31.2 Å². The molecular formula is C30H35ClN4O7S. The highest BCUT2D eigenvalue weighted by molar-refractivity contribution is 7.92. The van der Waals surface area contributed by atoms with E-state index in [0.29, 0.717) is 6.54 Å². The van der Waals surface area contributed by atoms with Gasteiger partial charge in [-0.25, -0.2) is 8.42 Å². The first-order chi connectivity index (χ1) is 20.3. The van der Waals surface area contributed by atoms with Gasteiger partial charge in [-0.3, -0.25) is 24.0 Å². The fourth-order valence-electron chi connectivity index (χ4n) is 4.66. The molecule has 0 fully saturated rings. The van der Waals surface area contributed by atoms with E-state index < -0.39 is 44.0 Å². The zero-order valence-corrected chi connectivity index (χ0v) is 26.2. The van der Waals surface area contributed by atoms with Crippen LogP contribution >= 0.6 is 11.6 Å². The molecule has 3 aromatic rings. The Balaban J connectivity index is 2.19. The number of aryl methyl sites for hydroxylation is 2. The van der Waals surface area contributed by atoms with Crippen LogP contribution in [0, 0.1) is 24.0 Å². The van der Waals surface area contributed by atoms with Crippen molar-refractivity contribution in [2.45, 2.75) is 51.6 Å². The second-order valence-electron chi connectivity index (χ2n) is 9.86. The van der Waals surface area contributed by atoms with Crippen molar-refractivity contribution < 1.29 is 27.7 Å². The Morgan fingerprint density at radius 1 is 1.07 bits per heavy atom. The van der Waals surface area contributed by atoms with Crippen LogP contribution in [0.3, 0.4) is 0 Å². The van der Waals surface area contributed by atoms with Crippen molar-refractivity contribution in [1.29, 1.82) is 0 Å². The molecule has 0 aromatic heterocycles. The lowest BCUT2D eigenvalue weighted by Crippen LogP contribution is -2.52. The number of anilines is 1. The molecule has 2 amide bonds. The summed E-state index contributed by atoms with van der Waals surface area (Å²) in [5.41, 5.74) is 1.52. The highest BCUT2D eigenvalue weighted by Crippen LogP contribution is 2.36. The number of nitrogens with one attached hydrogen (secondary N) is 1. The van der Waals surface area contributed by atoms with E-state index in [4.69, 9.17) is 16.3 Å². The molecule has 0 aliphatic carbocycles. The molecule has 3 rings (SSSR count). The molecular weight excluding hydrogens is 596 g/mol. The maximum absolute atomic E-state index is 14.2. The standard InChI is InChI=1S/C30H35ClN4O7S/c1-6-25(30(37)32-7-2)33(18-22-10-8-9-20(3)15-22)29(36)19-34(27-16-23(31)12-14-28(27)42-5)43(40,41)24-13-11-21(4)26(17-24)35(38)39/h8-17,25H,6-7,18-19H2,1-5H3,(H,32,37). The van der Waals surface area contributed by atoms with Gasteiger partial charge in [0.1, 0.15) is 18.3 Å². The SMILES string of the molecule is CCNC(=O)C(CC)N(Cc1cccc(C)c1)C(=O)CN(c1cc(Cl)ccc1OC)S(=O)(=O)c1ccc(C)c([N+](=O)[O-])c1. The number of hydrogen-bond acceptors (Lipinski definition) is 7. The summed E-state index contributed by atoms with van der Waals surface area (Å²) in [5, 5.41) is 14.6. The third-order valence-corrected chi connectivity index (χ3v) is 8.82. The Hall–Kier alpha value is -4.16. The number of halogens is 1. The van der Waals surface area contributed by atoms with E-state index >= 15 is 0 Å². The minimum atomic E-state index is -4.61. The first-order valence-corrected chi connectivity index (χ1v) is 15.4. The average molecular weight is 631 g/mol. The lowest BCUT2D eigenvalue weighted by Gasteiger charge is -2.33. The number of nitro groups is 1. The monoisotopic (exact) mass is 630 g/mol. The average Bonchev–Trinajstić information content (AvgIpc) is 2.95. The van der Waals surface area contributed by atoms with Crippen LogP contribution in [0.15, 0.2) is 65.6 Å². The van der Waals surface area contributed by atoms with Gasteiger partial charge >= 0.3 is 0 Å². The van der Waals surface area contributed by atoms with E-state index in [1.54, 1.807) is 13.8 Å². The summed E-state index contributed by atoms with van der Waals surface area (Å²) in [6.07, 6.45) is 0.265. The molecule has 0 saturated heterocycles. The molecule has 0 spiro atoms. The van der Waals surface area contributed by atoms with E-state index in [9.17, 15) is 28.1 Å². The fraction of sp³-hybridized carbons (Fsp3) is 0.333. The number of benzene rings is 3. The van der Waals surface area contributed by atoms with Crippen molar-refractivity contribution in [2.24, 2.45) is 0 Å². The van der Waals surface area contributed by atoms with Crippen molar-refractivity contribution in [3.05, 3.63) is 92.5 Å². The molecule has 43 heavy (non-hydrogen) atoms. The molecule has 1 unspecified atom stereocenters. The number of methoxy groups -OCH3 is 1. The van der Waals surface area contributed by atoms with Gasteiger partial charge in [-0.05, 0) is 57.0 Å². The molecule has 0 aliphatic rings. The summed E-state index contributed by atoms with van der Waals surface area (Å²) >= 11 is 6.26. The molecule has 13 heteroatoms. The van der Waals surface area contributed by atoms with Gasteiger partial charge in [-0.2, -0.15) is 0 Å². The van der Waals surface area contributed by atoms with Gasteiger partial charge in [-0.15, -0.1) is 0 Å². The second-order valence-corrected chi connectivity index (χ2v) is 12.2. The Kier molecular flexibility index (Phi) is 11.1. The molecule has 11 nitrogen and oxygen atoms in total. The van der Waals surface area contributed by atoms with E-state index in [1.165, 1.54) is 49.3 Å². The number of amides is 2. The molecule has 0 saturated carbocycles. The number of rotatable bonds is 13. The smallest absolute Gasteiger partial charge is 0.273 e. The molecule has 0 bridgehead atoms. The lowest BCUT2D eigenvalue weighted by atomic mass is 10.1. The van der Waals surface area contributed by atoms with Crippen LogP contribution in [0.2, 0.25) is 5.02 Å². The lowest BCUT2D eigenvalue weighted by molar-refractivity contribution is -0.385. The van der Waals surface area contributed by atoms with Gasteiger partial charge in [0.25, 0.3) is 15.7 Å². The summed E-state index contributed by atoms with van der Waals surface area (Å²) in [6, 6.07) is 14.3. The third-order valence-electron chi connectivity index (χ3n) is 6.83. The fourth-order valence-corrected chi connectivity index (χ4v) is 6.27. The molecule has 0 radical (unpaired) electrons. The summed E-state index contributed by atoms with van der Waals surface area (Å²) in [6.45, 7) is 6.54. The number of hydrogen-bond donors (Lipinski definition) is 1. The molecule has 0 heterocycles. The Bertz CT molecular complexity index is 1610. The van der Waals surface area contributed by atoms with Gasteiger partial charge in [0.2, 0.25) is 11.8 Å². The van der Waals surface area contributed by atoms with Gasteiger partial charge in [-0.1, -0.05) is 54.4 Å². The van der Waals surface area contributed by atoms with Gasteiger partial charge in [0, 0.05) is 29.7 Å². The highest BCUT2D eigenvalue weighted by Gasteiger charge is 2.35. The van der Waals surface area contributed by atoms with Crippen molar-refractivity contribution in [1.82, 2.24) is 10.2 Å². The van der Waals surface area contributed by atoms with E-state index in [2.05, 4.69) is 5.32 Å². The van der Waals surface area contributed by atoms with E-state index in [0.717, 1.165) is 21.5 Å². The number of ether oxygens (including phenoxy) is 1. The minimum absolute atomic E-state index is 0.0345. The molecule has 1 atom stereocenters. The van der Waals surface area contributed by atoms with E-state index in [-0.39, 0.29) is 40.9 Å². The van der Waals surface area contributed by atoms with Crippen molar-refractivity contribution >= 4 is 44.8 Å². The van der Waals surface area contributed by atoms with Crippen molar-refractivity contribution in [3.8, 4) is 5.75 Å². The van der Waals surface area contributed by atoms with Gasteiger partial charge < -0.3 is 15.0 Å². The number of carbonyl (C=O) groups is 2. The van der Waals surface area contributed by atoms with Crippen molar-refractivity contribution in [2.75, 3.05) is 24.5 Å². The second kappa shape index (κ2) is 14.3. The Morgan fingerprint density at radius 3 is 2.40 bits per heavy atom. The van der Waals surface area contributed by atoms with Crippen LogP contribution in [0.4, 0.5) is 11.4 Å². The van der Waals surface area contributed by atoms with Gasteiger partial charge in [0.15, 0.2) is 0 Å². The number of sulfonamides is 1. The summed E-state index contributed by atoms with van der Waals surface area (Å²) < 4.78 is 34.6. The van der Waals surface area contributed by atoms with Crippen molar-refractivity contribution in [3.63, 3.8) is 0 Å². The van der Waals surface area contributed by atoms with Gasteiger partial charge in [0.05, 0.1) is 22.6 Å². The predicted octanol–water partition coefficient (Wildman–Crippen LogP) is 5.01. The number of nitro benzene ring substituents is 1. The molecule has 230 valence electrons. The molecule has 1 N–H and O–H groups in total. The van der Waals surface area contributed by atoms with Crippen LogP contribution in [-0.2, 0) is 26.2 Å². The number of carbonyl (C=O) groups excluding carboxylic acids is 2. The van der Waals surface area contributed by atoms with Crippen LogP contribution in [0.25, 0.3) is 0 Å². The summed E-state index contributed by atoms with van der Waals surface area (Å²) in [5.74, 6) is -0.954. The van der Waals surface area contributed by atoms with Crippen LogP contribution in [0.1, 0.15) is 37.0 Å². The first kappa shape index (κ1) is 33.3. The quantitative estimate of drug-likeness (QED) is 0.207. The third kappa shape index (κ3) is 7.82. The van der Waals surface area contributed by atoms with Crippen LogP contribution in [-0.4, -0.2) is 56.3 Å². The first-order valence-electron chi connectivity index (χ1n) is 13.6. The zero-order valence-electron chi connectivity index (χ0n) is 24.7. The Morgan fingerprint density at radius 2 is 1.79 bits per heavy atom. The summed E-state index contributed by atoms with van der Waals surface area (Å²) in [7, 11) is -3.27. The largest absolute Gasteiger partial charge is 0.495 e. The van der Waals surface area contributed by atoms with Crippen LogP contribution < -0.4 is 14.4 Å². The summed E-state index contributed by atoms with van der Waals surface area (Å²) in [4.78, 5) is 39.2. The topological polar surface area (TPSA) is 139 Å². The van der Waals surface area contributed by atoms with Crippen LogP contribution in [0.5, 0.6) is 5.75 Å². The maximum atomic E-state index is 14.2. The highest BCUT2D eigenvalue weighted by atomic mass is 35.5.